The van der Waals surface area contributed by atoms with Crippen molar-refractivity contribution in [1.29, 1.82) is 0 Å². The minimum absolute atomic E-state index is 0.0518. The van der Waals surface area contributed by atoms with Crippen LogP contribution in [0.4, 0.5) is 5.13 Å². The van der Waals surface area contributed by atoms with Crippen LogP contribution in [0, 0.1) is 5.92 Å². The van der Waals surface area contributed by atoms with Gasteiger partial charge in [0.15, 0.2) is 5.13 Å². The zero-order valence-corrected chi connectivity index (χ0v) is 17.6. The lowest BCUT2D eigenvalue weighted by Gasteiger charge is -2.31. The Morgan fingerprint density at radius 3 is 2.59 bits per heavy atom. The molecule has 2 heterocycles. The minimum atomic E-state index is -0.339. The number of anilines is 1. The van der Waals surface area contributed by atoms with Gasteiger partial charge in [-0.25, -0.2) is 4.98 Å². The van der Waals surface area contributed by atoms with Crippen molar-refractivity contribution in [1.82, 2.24) is 9.88 Å². The van der Waals surface area contributed by atoms with Gasteiger partial charge in [-0.2, -0.15) is 0 Å². The van der Waals surface area contributed by atoms with Gasteiger partial charge in [0.2, 0.25) is 5.91 Å². The van der Waals surface area contributed by atoms with Gasteiger partial charge in [-0.1, -0.05) is 11.6 Å². The number of nitrogens with one attached hydrogen (secondary N) is 1. The fourth-order valence-corrected chi connectivity index (χ4v) is 3.97. The second-order valence-corrected chi connectivity index (χ2v) is 7.98. The number of amides is 2. The van der Waals surface area contributed by atoms with Gasteiger partial charge in [0.25, 0.3) is 5.91 Å². The first-order chi connectivity index (χ1) is 14.0. The predicted octanol–water partition coefficient (Wildman–Crippen LogP) is 3.39. The molecule has 0 bridgehead atoms. The average molecular weight is 436 g/mol. The molecule has 1 aliphatic heterocycles. The molecule has 0 aliphatic carbocycles. The molecule has 0 spiro atoms. The molecule has 1 aromatic carbocycles. The number of benzene rings is 1. The van der Waals surface area contributed by atoms with E-state index in [9.17, 15) is 14.4 Å². The number of thiazole rings is 1. The third-order valence-corrected chi connectivity index (χ3v) is 5.72. The molecule has 1 aliphatic rings. The van der Waals surface area contributed by atoms with Gasteiger partial charge in [-0.05, 0) is 44.0 Å². The molecule has 3 rings (SSSR count). The summed E-state index contributed by atoms with van der Waals surface area (Å²) in [6.45, 7) is 3.11. The van der Waals surface area contributed by atoms with E-state index in [1.807, 2.05) is 0 Å². The summed E-state index contributed by atoms with van der Waals surface area (Å²) in [7, 11) is 0. The zero-order valence-electron chi connectivity index (χ0n) is 16.0. The topological polar surface area (TPSA) is 88.6 Å². The Kier molecular flexibility index (Phi) is 7.22. The maximum Gasteiger partial charge on any atom is 0.311 e. The van der Waals surface area contributed by atoms with E-state index in [4.69, 9.17) is 16.3 Å². The van der Waals surface area contributed by atoms with Gasteiger partial charge in [0.1, 0.15) is 0 Å². The van der Waals surface area contributed by atoms with Crippen molar-refractivity contribution in [2.45, 2.75) is 26.2 Å². The van der Waals surface area contributed by atoms with Crippen LogP contribution in [-0.2, 0) is 20.7 Å². The number of piperidine rings is 1. The van der Waals surface area contributed by atoms with Crippen LogP contribution in [-0.4, -0.2) is 47.4 Å². The van der Waals surface area contributed by atoms with Crippen LogP contribution in [0.2, 0.25) is 5.02 Å². The Morgan fingerprint density at radius 1 is 1.24 bits per heavy atom. The fraction of sp³-hybridized carbons (Fsp3) is 0.400. The van der Waals surface area contributed by atoms with Gasteiger partial charge < -0.3 is 15.0 Å². The average Bonchev–Trinajstić information content (AvgIpc) is 3.15. The molecule has 1 fully saturated rings. The molecule has 9 heteroatoms. The summed E-state index contributed by atoms with van der Waals surface area (Å²) in [5, 5.41) is 5.61. The zero-order chi connectivity index (χ0) is 20.8. The predicted molar refractivity (Wildman–Crippen MR) is 111 cm³/mol. The Bertz CT molecular complexity index is 876. The van der Waals surface area contributed by atoms with Crippen LogP contribution < -0.4 is 5.32 Å². The lowest BCUT2D eigenvalue weighted by Crippen LogP contribution is -2.41. The second kappa shape index (κ2) is 9.84. The van der Waals surface area contributed by atoms with E-state index < -0.39 is 0 Å². The normalized spacial score (nSPS) is 14.5. The molecule has 154 valence electrons. The first kappa shape index (κ1) is 21.3. The van der Waals surface area contributed by atoms with E-state index in [1.54, 1.807) is 41.5 Å². The third kappa shape index (κ3) is 5.77. The number of hydrogen-bond donors (Lipinski definition) is 1. The SMILES string of the molecule is CCOC(=O)Cc1csc(NC(=O)C2CCN(C(=O)c3ccc(Cl)cc3)CC2)n1. The summed E-state index contributed by atoms with van der Waals surface area (Å²) in [5.41, 5.74) is 1.17. The summed E-state index contributed by atoms with van der Waals surface area (Å²) >= 11 is 7.15. The summed E-state index contributed by atoms with van der Waals surface area (Å²) < 4.78 is 4.90. The van der Waals surface area contributed by atoms with Crippen LogP contribution in [0.15, 0.2) is 29.6 Å². The number of esters is 1. The van der Waals surface area contributed by atoms with Crippen molar-refractivity contribution >= 4 is 45.9 Å². The number of nitrogens with zero attached hydrogens (tertiary/aromatic N) is 2. The smallest absolute Gasteiger partial charge is 0.311 e. The highest BCUT2D eigenvalue weighted by Gasteiger charge is 2.28. The number of carbonyl (C=O) groups is 3. The molecule has 1 saturated heterocycles. The largest absolute Gasteiger partial charge is 0.466 e. The molecular weight excluding hydrogens is 414 g/mol. The summed E-state index contributed by atoms with van der Waals surface area (Å²) in [6.07, 6.45) is 1.27. The molecule has 1 aromatic heterocycles. The number of rotatable bonds is 6. The van der Waals surface area contributed by atoms with Gasteiger partial charge in [0, 0.05) is 35.0 Å². The van der Waals surface area contributed by atoms with Crippen molar-refractivity contribution in [2.24, 2.45) is 5.92 Å². The van der Waals surface area contributed by atoms with E-state index in [1.165, 1.54) is 11.3 Å². The number of likely N-dealkylation sites (tertiary alicyclic amines) is 1. The van der Waals surface area contributed by atoms with Gasteiger partial charge in [-0.3, -0.25) is 14.4 Å². The van der Waals surface area contributed by atoms with E-state index in [2.05, 4.69) is 10.3 Å². The monoisotopic (exact) mass is 435 g/mol. The number of halogens is 1. The van der Waals surface area contributed by atoms with E-state index in [0.717, 1.165) is 0 Å². The van der Waals surface area contributed by atoms with Crippen molar-refractivity contribution in [3.8, 4) is 0 Å². The van der Waals surface area contributed by atoms with Gasteiger partial charge in [0.05, 0.1) is 18.7 Å². The molecular formula is C20H22ClN3O4S. The summed E-state index contributed by atoms with van der Waals surface area (Å²) in [6, 6.07) is 6.80. The highest BCUT2D eigenvalue weighted by atomic mass is 35.5. The summed E-state index contributed by atoms with van der Waals surface area (Å²) in [5.74, 6) is -0.681. The lowest BCUT2D eigenvalue weighted by atomic mass is 9.95. The minimum Gasteiger partial charge on any atom is -0.466 e. The highest BCUT2D eigenvalue weighted by Crippen LogP contribution is 2.23. The maximum absolute atomic E-state index is 12.6. The molecule has 7 nitrogen and oxygen atoms in total. The van der Waals surface area contributed by atoms with Crippen molar-refractivity contribution in [3.63, 3.8) is 0 Å². The van der Waals surface area contributed by atoms with Gasteiger partial charge >= 0.3 is 5.97 Å². The number of aromatic nitrogens is 1. The number of ether oxygens (including phenoxy) is 1. The van der Waals surface area contributed by atoms with Gasteiger partial charge in [-0.15, -0.1) is 11.3 Å². The Labute approximate surface area is 178 Å². The fourth-order valence-electron chi connectivity index (χ4n) is 3.13. The first-order valence-corrected chi connectivity index (χ1v) is 10.7. The highest BCUT2D eigenvalue weighted by molar-refractivity contribution is 7.13. The van der Waals surface area contributed by atoms with Crippen molar-refractivity contribution in [3.05, 3.63) is 45.9 Å². The van der Waals surface area contributed by atoms with Crippen LogP contribution in [0.1, 0.15) is 35.8 Å². The maximum atomic E-state index is 12.6. The lowest BCUT2D eigenvalue weighted by molar-refractivity contribution is -0.142. The van der Waals surface area contributed by atoms with Crippen molar-refractivity contribution in [2.75, 3.05) is 25.0 Å². The molecule has 2 aromatic rings. The van der Waals surface area contributed by atoms with Crippen LogP contribution in [0.3, 0.4) is 0 Å². The molecule has 0 atom stereocenters. The molecule has 0 unspecified atom stereocenters. The van der Waals surface area contributed by atoms with E-state index in [-0.39, 0.29) is 30.1 Å². The number of hydrogen-bond acceptors (Lipinski definition) is 6. The molecule has 2 amide bonds. The Balaban J connectivity index is 1.49. The third-order valence-electron chi connectivity index (χ3n) is 4.66. The molecule has 0 saturated carbocycles. The molecule has 0 radical (unpaired) electrons. The Morgan fingerprint density at radius 2 is 1.93 bits per heavy atom. The van der Waals surface area contributed by atoms with Crippen molar-refractivity contribution < 1.29 is 19.1 Å². The number of carbonyl (C=O) groups excluding carboxylic acids is 3. The van der Waals surface area contributed by atoms with E-state index >= 15 is 0 Å². The standard InChI is InChI=1S/C20H22ClN3O4S/c1-2-28-17(25)11-16-12-29-20(22-16)23-18(26)13-7-9-24(10-8-13)19(27)14-3-5-15(21)6-4-14/h3-6,12-13H,2,7-11H2,1H3,(H,22,23,26). The first-order valence-electron chi connectivity index (χ1n) is 9.42. The quantitative estimate of drug-likeness (QED) is 0.702. The second-order valence-electron chi connectivity index (χ2n) is 6.69. The molecule has 1 N–H and O–H groups in total. The summed E-state index contributed by atoms with van der Waals surface area (Å²) in [4.78, 5) is 42.6. The van der Waals surface area contributed by atoms with Crippen LogP contribution in [0.25, 0.3) is 0 Å². The van der Waals surface area contributed by atoms with Crippen LogP contribution >= 0.6 is 22.9 Å². The Hall–Kier alpha value is -2.45. The molecule has 29 heavy (non-hydrogen) atoms. The van der Waals surface area contributed by atoms with Crippen LogP contribution in [0.5, 0.6) is 0 Å². The van der Waals surface area contributed by atoms with E-state index in [0.29, 0.717) is 53.9 Å².